The fourth-order valence-electron chi connectivity index (χ4n) is 9.81. The molecule has 0 fully saturated rings. The summed E-state index contributed by atoms with van der Waals surface area (Å²) >= 11 is 0. The van der Waals surface area contributed by atoms with Gasteiger partial charge in [0.15, 0.2) is 12.2 Å². The van der Waals surface area contributed by atoms with Crippen molar-refractivity contribution in [1.82, 2.24) is 0 Å². The first-order valence-electron chi connectivity index (χ1n) is 34.3. The lowest BCUT2D eigenvalue weighted by Gasteiger charge is -2.21. The van der Waals surface area contributed by atoms with Gasteiger partial charge in [0, 0.05) is 25.7 Å². The van der Waals surface area contributed by atoms with E-state index in [0.29, 0.717) is 25.7 Å². The van der Waals surface area contributed by atoms with Crippen LogP contribution in [0.4, 0.5) is 0 Å². The van der Waals surface area contributed by atoms with E-state index in [1.807, 2.05) is 0 Å². The molecule has 5 atom stereocenters. The van der Waals surface area contributed by atoms with Crippen LogP contribution in [-0.4, -0.2) is 96.7 Å². The Kier molecular flexibility index (Phi) is 58.6. The van der Waals surface area contributed by atoms with Crippen LogP contribution in [0.15, 0.2) is 0 Å². The van der Waals surface area contributed by atoms with E-state index < -0.39 is 97.5 Å². The maximum Gasteiger partial charge on any atom is 0.472 e. The molecule has 17 nitrogen and oxygen atoms in total. The lowest BCUT2D eigenvalue weighted by atomic mass is 10.0. The molecule has 0 spiro atoms. The van der Waals surface area contributed by atoms with Crippen molar-refractivity contribution >= 4 is 39.5 Å². The summed E-state index contributed by atoms with van der Waals surface area (Å²) < 4.78 is 67.7. The number of ether oxygens (including phenoxy) is 4. The highest BCUT2D eigenvalue weighted by atomic mass is 31.2. The molecule has 498 valence electrons. The molecule has 0 saturated heterocycles. The SMILES string of the molecule is CCCCCCCCCCCCCCCCCCC(=O)OC[C@H](COP(=O)(O)OC[C@@H](O)COP(=O)(O)OC[C@@H](COC(=O)CCCCCCC)OC(=O)CCCCCCCCC)OC(=O)CCCCCCCCCCCCCCCCCC. The van der Waals surface area contributed by atoms with Gasteiger partial charge in [-0.2, -0.15) is 0 Å². The zero-order valence-corrected chi connectivity index (χ0v) is 55.7. The third-order valence-electron chi connectivity index (χ3n) is 15.1. The van der Waals surface area contributed by atoms with Crippen molar-refractivity contribution in [2.24, 2.45) is 0 Å². The number of hydrogen-bond acceptors (Lipinski definition) is 15. The molecule has 0 aliphatic heterocycles. The first-order chi connectivity index (χ1) is 40.7. The minimum atomic E-state index is -4.94. The summed E-state index contributed by atoms with van der Waals surface area (Å²) in [5, 5.41) is 10.5. The Morgan fingerprint density at radius 2 is 0.476 bits per heavy atom. The zero-order chi connectivity index (χ0) is 61.9. The molecule has 0 heterocycles. The van der Waals surface area contributed by atoms with Crippen molar-refractivity contribution in [1.29, 1.82) is 0 Å². The summed E-state index contributed by atoms with van der Waals surface area (Å²) in [6.07, 6.45) is 46.4. The van der Waals surface area contributed by atoms with Gasteiger partial charge in [0.25, 0.3) is 0 Å². The van der Waals surface area contributed by atoms with E-state index in [0.717, 1.165) is 109 Å². The number of carbonyl (C=O) groups is 4. The molecule has 0 radical (unpaired) electrons. The third kappa shape index (κ3) is 59.0. The number of aliphatic hydroxyl groups excluding tert-OH is 1. The van der Waals surface area contributed by atoms with Crippen LogP contribution in [-0.2, 0) is 65.4 Å². The number of rotatable bonds is 66. The highest BCUT2D eigenvalue weighted by Crippen LogP contribution is 2.45. The Morgan fingerprint density at radius 3 is 0.702 bits per heavy atom. The quantitative estimate of drug-likeness (QED) is 0.0222. The van der Waals surface area contributed by atoms with Crippen LogP contribution in [0.2, 0.25) is 0 Å². The molecule has 0 aromatic heterocycles. The van der Waals surface area contributed by atoms with Gasteiger partial charge < -0.3 is 33.8 Å². The molecule has 3 N–H and O–H groups in total. The monoisotopic (exact) mass is 1240 g/mol. The molecule has 0 rings (SSSR count). The van der Waals surface area contributed by atoms with Gasteiger partial charge in [0.05, 0.1) is 26.4 Å². The first-order valence-corrected chi connectivity index (χ1v) is 37.3. The maximum atomic E-state index is 13.0. The molecule has 0 aliphatic rings. The summed E-state index contributed by atoms with van der Waals surface area (Å²) in [4.78, 5) is 71.9. The van der Waals surface area contributed by atoms with E-state index in [2.05, 4.69) is 27.7 Å². The predicted octanol–water partition coefficient (Wildman–Crippen LogP) is 18.3. The van der Waals surface area contributed by atoms with Crippen LogP contribution in [0.25, 0.3) is 0 Å². The van der Waals surface area contributed by atoms with Gasteiger partial charge in [-0.1, -0.05) is 285 Å². The van der Waals surface area contributed by atoms with E-state index in [4.69, 9.17) is 37.0 Å². The number of carbonyl (C=O) groups excluding carboxylic acids is 4. The van der Waals surface area contributed by atoms with E-state index in [1.54, 1.807) is 0 Å². The molecule has 0 aromatic rings. The Labute approximate surface area is 511 Å². The van der Waals surface area contributed by atoms with Crippen molar-refractivity contribution in [2.45, 2.75) is 354 Å². The maximum absolute atomic E-state index is 13.0. The van der Waals surface area contributed by atoms with E-state index in [-0.39, 0.29) is 25.7 Å². The minimum absolute atomic E-state index is 0.103. The summed E-state index contributed by atoms with van der Waals surface area (Å²) in [5.41, 5.74) is 0. The topological polar surface area (TPSA) is 237 Å². The van der Waals surface area contributed by atoms with Gasteiger partial charge >= 0.3 is 39.5 Å². The van der Waals surface area contributed by atoms with Crippen LogP contribution in [0, 0.1) is 0 Å². The number of unbranched alkanes of at least 4 members (excludes halogenated alkanes) is 40. The van der Waals surface area contributed by atoms with Crippen molar-refractivity contribution in [3.8, 4) is 0 Å². The number of esters is 4. The lowest BCUT2D eigenvalue weighted by molar-refractivity contribution is -0.161. The van der Waals surface area contributed by atoms with Gasteiger partial charge in [0.2, 0.25) is 0 Å². The molecule has 84 heavy (non-hydrogen) atoms. The van der Waals surface area contributed by atoms with Gasteiger partial charge in [-0.25, -0.2) is 9.13 Å². The second-order valence-corrected chi connectivity index (χ2v) is 26.4. The first kappa shape index (κ1) is 82.1. The summed E-state index contributed by atoms with van der Waals surface area (Å²) in [7, 11) is -9.87. The number of hydrogen-bond donors (Lipinski definition) is 3. The van der Waals surface area contributed by atoms with E-state index >= 15 is 0 Å². The molecule has 0 bridgehead atoms. The summed E-state index contributed by atoms with van der Waals surface area (Å²) in [6.45, 7) is 4.78. The van der Waals surface area contributed by atoms with Gasteiger partial charge in [-0.3, -0.25) is 37.3 Å². The molecular weight excluding hydrogens is 1110 g/mol. The molecule has 0 saturated carbocycles. The summed E-state index contributed by atoms with van der Waals surface area (Å²) in [5.74, 6) is -2.14. The minimum Gasteiger partial charge on any atom is -0.462 e. The lowest BCUT2D eigenvalue weighted by Crippen LogP contribution is -2.30. The fourth-order valence-corrected chi connectivity index (χ4v) is 11.4. The Hall–Kier alpha value is -1.94. The van der Waals surface area contributed by atoms with Crippen molar-refractivity contribution in [2.75, 3.05) is 39.6 Å². The summed E-state index contributed by atoms with van der Waals surface area (Å²) in [6, 6.07) is 0. The van der Waals surface area contributed by atoms with Gasteiger partial charge in [-0.05, 0) is 25.7 Å². The van der Waals surface area contributed by atoms with Crippen LogP contribution in [0.1, 0.15) is 336 Å². The highest BCUT2D eigenvalue weighted by molar-refractivity contribution is 7.47. The number of aliphatic hydroxyl groups is 1. The smallest absolute Gasteiger partial charge is 0.462 e. The largest absolute Gasteiger partial charge is 0.472 e. The fraction of sp³-hybridized carbons (Fsp3) is 0.938. The Balaban J connectivity index is 5.12. The average Bonchev–Trinajstić information content (AvgIpc) is 3.66. The zero-order valence-electron chi connectivity index (χ0n) is 53.9. The van der Waals surface area contributed by atoms with Gasteiger partial charge in [-0.15, -0.1) is 0 Å². The Bertz CT molecular complexity index is 1620. The second kappa shape index (κ2) is 60.0. The average molecular weight is 1240 g/mol. The Morgan fingerprint density at radius 1 is 0.286 bits per heavy atom. The standard InChI is InChI=1S/C65H126O17P2/c1-5-9-13-17-20-22-24-26-28-30-32-34-36-39-42-46-50-63(68)76-56-61(82-65(70)52-48-44-40-37-35-33-31-29-27-25-23-21-18-14-10-6-2)58-80-84(73,74)78-54-59(66)53-77-83(71,72)79-57-60(55-75-62(67)49-45-41-16-12-8-4)81-64(69)51-47-43-38-19-15-11-7-3/h59-61,66H,5-58H2,1-4H3,(H,71,72)(H,73,74)/t59-,60+,61+/m0/s1. The van der Waals surface area contributed by atoms with Crippen LogP contribution in [0.3, 0.4) is 0 Å². The predicted molar refractivity (Wildman–Crippen MR) is 335 cm³/mol. The van der Waals surface area contributed by atoms with Crippen molar-refractivity contribution < 1.29 is 80.2 Å². The molecule has 19 heteroatoms. The van der Waals surface area contributed by atoms with E-state index in [1.165, 1.54) is 148 Å². The molecule has 0 aromatic carbocycles. The normalized spacial score (nSPS) is 14.1. The third-order valence-corrected chi connectivity index (χ3v) is 17.0. The van der Waals surface area contributed by atoms with Crippen molar-refractivity contribution in [3.63, 3.8) is 0 Å². The van der Waals surface area contributed by atoms with Crippen LogP contribution >= 0.6 is 15.6 Å². The van der Waals surface area contributed by atoms with Crippen LogP contribution < -0.4 is 0 Å². The molecular formula is C65H126O17P2. The highest BCUT2D eigenvalue weighted by Gasteiger charge is 2.30. The van der Waals surface area contributed by atoms with Crippen LogP contribution in [0.5, 0.6) is 0 Å². The molecule has 2 unspecified atom stereocenters. The molecule has 0 amide bonds. The van der Waals surface area contributed by atoms with Gasteiger partial charge in [0.1, 0.15) is 19.3 Å². The number of phosphoric ester groups is 2. The van der Waals surface area contributed by atoms with Crippen molar-refractivity contribution in [3.05, 3.63) is 0 Å². The van der Waals surface area contributed by atoms with E-state index in [9.17, 15) is 43.2 Å². The molecule has 0 aliphatic carbocycles. The number of phosphoric acid groups is 2. The second-order valence-electron chi connectivity index (χ2n) is 23.5.